The van der Waals surface area contributed by atoms with Gasteiger partial charge in [-0.2, -0.15) is 5.26 Å². The number of carbonyl (C=O) groups is 2. The largest absolute Gasteiger partial charge is 0.493 e. The van der Waals surface area contributed by atoms with Gasteiger partial charge in [-0.3, -0.25) is 9.59 Å². The highest BCUT2D eigenvalue weighted by molar-refractivity contribution is 5.82. The van der Waals surface area contributed by atoms with Crippen LogP contribution in [0.2, 0.25) is 0 Å². The van der Waals surface area contributed by atoms with Crippen molar-refractivity contribution in [2.45, 2.75) is 26.2 Å². The standard InChI is InChI=1S/C19H25N3O4/c1-3-8-21-19(24)15-5-4-9-22(12-15)18(23)13-26-16-7-6-14(11-20)10-17(16)25-2/h6-7,10,15H,3-5,8-9,12-13H2,1-2H3,(H,21,24). The number of nitrogens with one attached hydrogen (secondary N) is 1. The molecule has 1 N–H and O–H groups in total. The third kappa shape index (κ3) is 5.12. The van der Waals surface area contributed by atoms with Crippen LogP contribution in [0.4, 0.5) is 0 Å². The second-order valence-corrected chi connectivity index (χ2v) is 6.24. The summed E-state index contributed by atoms with van der Waals surface area (Å²) in [5.41, 5.74) is 0.456. The SMILES string of the molecule is CCCNC(=O)C1CCCN(C(=O)COc2ccc(C#N)cc2OC)C1. The predicted molar refractivity (Wildman–Crippen MR) is 95.8 cm³/mol. The normalized spacial score (nSPS) is 16.5. The van der Waals surface area contributed by atoms with Gasteiger partial charge >= 0.3 is 0 Å². The maximum atomic E-state index is 12.5. The molecule has 26 heavy (non-hydrogen) atoms. The molecule has 0 aliphatic carbocycles. The van der Waals surface area contributed by atoms with Crippen LogP contribution in [0.5, 0.6) is 11.5 Å². The molecule has 7 nitrogen and oxygen atoms in total. The number of nitrogens with zero attached hydrogens (tertiary/aromatic N) is 2. The summed E-state index contributed by atoms with van der Waals surface area (Å²) >= 11 is 0. The number of benzene rings is 1. The molecular weight excluding hydrogens is 334 g/mol. The summed E-state index contributed by atoms with van der Waals surface area (Å²) in [6.45, 7) is 3.58. The van der Waals surface area contributed by atoms with E-state index < -0.39 is 0 Å². The minimum Gasteiger partial charge on any atom is -0.493 e. The Kier molecular flexibility index (Phi) is 7.27. The van der Waals surface area contributed by atoms with E-state index in [0.29, 0.717) is 36.7 Å². The Morgan fingerprint density at radius 3 is 2.88 bits per heavy atom. The predicted octanol–water partition coefficient (Wildman–Crippen LogP) is 1.71. The number of piperidine rings is 1. The molecule has 1 aliphatic heterocycles. The molecule has 0 saturated carbocycles. The van der Waals surface area contributed by atoms with Crippen molar-refractivity contribution in [1.82, 2.24) is 10.2 Å². The minimum absolute atomic E-state index is 0.0130. The summed E-state index contributed by atoms with van der Waals surface area (Å²) in [4.78, 5) is 26.3. The van der Waals surface area contributed by atoms with E-state index in [-0.39, 0.29) is 24.3 Å². The number of carbonyl (C=O) groups excluding carboxylic acids is 2. The third-order valence-electron chi connectivity index (χ3n) is 4.34. The average molecular weight is 359 g/mol. The number of hydrogen-bond acceptors (Lipinski definition) is 5. The van der Waals surface area contributed by atoms with E-state index in [1.54, 1.807) is 23.1 Å². The monoisotopic (exact) mass is 359 g/mol. The van der Waals surface area contributed by atoms with Crippen LogP contribution in [-0.4, -0.2) is 50.1 Å². The van der Waals surface area contributed by atoms with E-state index in [2.05, 4.69) is 5.32 Å². The highest BCUT2D eigenvalue weighted by Crippen LogP contribution is 2.28. The molecule has 0 spiro atoms. The molecule has 1 aliphatic rings. The summed E-state index contributed by atoms with van der Waals surface area (Å²) in [6.07, 6.45) is 2.49. The number of methoxy groups -OCH3 is 1. The van der Waals surface area contributed by atoms with Gasteiger partial charge in [0.1, 0.15) is 0 Å². The molecule has 1 saturated heterocycles. The number of likely N-dealkylation sites (tertiary alicyclic amines) is 1. The lowest BCUT2D eigenvalue weighted by Crippen LogP contribution is -2.46. The number of ether oxygens (including phenoxy) is 2. The highest BCUT2D eigenvalue weighted by atomic mass is 16.5. The van der Waals surface area contributed by atoms with Crippen molar-refractivity contribution in [3.8, 4) is 17.6 Å². The average Bonchev–Trinajstić information content (AvgIpc) is 2.70. The van der Waals surface area contributed by atoms with E-state index in [9.17, 15) is 9.59 Å². The third-order valence-corrected chi connectivity index (χ3v) is 4.34. The number of rotatable bonds is 7. The van der Waals surface area contributed by atoms with Gasteiger partial charge in [-0.25, -0.2) is 0 Å². The Bertz CT molecular complexity index is 684. The second-order valence-electron chi connectivity index (χ2n) is 6.24. The van der Waals surface area contributed by atoms with Gasteiger partial charge in [0.05, 0.1) is 24.7 Å². The number of hydrogen-bond donors (Lipinski definition) is 1. The van der Waals surface area contributed by atoms with Crippen LogP contribution in [-0.2, 0) is 9.59 Å². The van der Waals surface area contributed by atoms with Crippen LogP contribution >= 0.6 is 0 Å². The first kappa shape index (κ1) is 19.6. The first-order chi connectivity index (χ1) is 12.6. The zero-order valence-electron chi connectivity index (χ0n) is 15.3. The maximum absolute atomic E-state index is 12.5. The summed E-state index contributed by atoms with van der Waals surface area (Å²) in [7, 11) is 1.48. The Morgan fingerprint density at radius 2 is 2.19 bits per heavy atom. The van der Waals surface area contributed by atoms with E-state index in [0.717, 1.165) is 19.3 Å². The molecule has 1 heterocycles. The van der Waals surface area contributed by atoms with Gasteiger partial charge in [-0.1, -0.05) is 6.92 Å². The molecule has 1 aromatic rings. The van der Waals surface area contributed by atoms with Gasteiger partial charge in [-0.05, 0) is 31.4 Å². The van der Waals surface area contributed by atoms with Gasteiger partial charge in [0.15, 0.2) is 18.1 Å². The maximum Gasteiger partial charge on any atom is 0.260 e. The summed E-state index contributed by atoms with van der Waals surface area (Å²) in [5.74, 6) is 0.508. The fourth-order valence-corrected chi connectivity index (χ4v) is 2.90. The minimum atomic E-state index is -0.163. The lowest BCUT2D eigenvalue weighted by atomic mass is 9.97. The van der Waals surface area contributed by atoms with Crippen molar-refractivity contribution in [2.75, 3.05) is 33.4 Å². The molecule has 1 unspecified atom stereocenters. The van der Waals surface area contributed by atoms with Crippen molar-refractivity contribution >= 4 is 11.8 Å². The molecule has 7 heteroatoms. The van der Waals surface area contributed by atoms with Crippen molar-refractivity contribution < 1.29 is 19.1 Å². The summed E-state index contributed by atoms with van der Waals surface area (Å²) in [5, 5.41) is 11.8. The Morgan fingerprint density at radius 1 is 1.38 bits per heavy atom. The van der Waals surface area contributed by atoms with Crippen LogP contribution in [0.25, 0.3) is 0 Å². The van der Waals surface area contributed by atoms with Gasteiger partial charge in [0.2, 0.25) is 5.91 Å². The van der Waals surface area contributed by atoms with Crippen LogP contribution in [0.3, 0.4) is 0 Å². The second kappa shape index (κ2) is 9.66. The van der Waals surface area contributed by atoms with Gasteiger partial charge in [0, 0.05) is 25.7 Å². The van der Waals surface area contributed by atoms with Gasteiger partial charge in [-0.15, -0.1) is 0 Å². The molecule has 0 radical (unpaired) electrons. The Hall–Kier alpha value is -2.75. The molecule has 2 amide bonds. The van der Waals surface area contributed by atoms with Crippen LogP contribution < -0.4 is 14.8 Å². The Balaban J connectivity index is 1.91. The molecule has 0 bridgehead atoms. The van der Waals surface area contributed by atoms with E-state index in [4.69, 9.17) is 14.7 Å². The first-order valence-electron chi connectivity index (χ1n) is 8.85. The van der Waals surface area contributed by atoms with Gasteiger partial charge < -0.3 is 19.7 Å². The smallest absolute Gasteiger partial charge is 0.260 e. The zero-order valence-corrected chi connectivity index (χ0v) is 15.3. The molecule has 1 fully saturated rings. The first-order valence-corrected chi connectivity index (χ1v) is 8.85. The lowest BCUT2D eigenvalue weighted by molar-refractivity contribution is -0.137. The van der Waals surface area contributed by atoms with Crippen LogP contribution in [0, 0.1) is 17.2 Å². The van der Waals surface area contributed by atoms with Crippen LogP contribution in [0.15, 0.2) is 18.2 Å². The molecule has 140 valence electrons. The molecule has 2 rings (SSSR count). The number of nitriles is 1. The van der Waals surface area contributed by atoms with Crippen LogP contribution in [0.1, 0.15) is 31.7 Å². The van der Waals surface area contributed by atoms with Gasteiger partial charge in [0.25, 0.3) is 5.91 Å². The molecular formula is C19H25N3O4. The summed E-state index contributed by atoms with van der Waals surface area (Å²) < 4.78 is 10.8. The van der Waals surface area contributed by atoms with Crippen molar-refractivity contribution in [1.29, 1.82) is 5.26 Å². The van der Waals surface area contributed by atoms with Crippen molar-refractivity contribution in [3.05, 3.63) is 23.8 Å². The topological polar surface area (TPSA) is 91.7 Å². The Labute approximate surface area is 153 Å². The quantitative estimate of drug-likeness (QED) is 0.800. The van der Waals surface area contributed by atoms with E-state index in [1.165, 1.54) is 7.11 Å². The highest BCUT2D eigenvalue weighted by Gasteiger charge is 2.28. The fraction of sp³-hybridized carbons (Fsp3) is 0.526. The fourth-order valence-electron chi connectivity index (χ4n) is 2.90. The molecule has 1 atom stereocenters. The summed E-state index contributed by atoms with van der Waals surface area (Å²) in [6, 6.07) is 6.81. The lowest BCUT2D eigenvalue weighted by Gasteiger charge is -2.32. The molecule has 0 aromatic heterocycles. The zero-order chi connectivity index (χ0) is 18.9. The van der Waals surface area contributed by atoms with E-state index >= 15 is 0 Å². The van der Waals surface area contributed by atoms with Crippen molar-refractivity contribution in [3.63, 3.8) is 0 Å². The van der Waals surface area contributed by atoms with Crippen molar-refractivity contribution in [2.24, 2.45) is 5.92 Å². The molecule has 1 aromatic carbocycles. The number of amides is 2. The van der Waals surface area contributed by atoms with E-state index in [1.807, 2.05) is 13.0 Å².